The second-order valence-electron chi connectivity index (χ2n) is 5.07. The third-order valence-corrected chi connectivity index (χ3v) is 3.72. The normalized spacial score (nSPS) is 13.9. The number of hydrogen-bond donors (Lipinski definition) is 2. The Hall–Kier alpha value is -2.56. The smallest absolute Gasteiger partial charge is 0.262 e. The predicted molar refractivity (Wildman–Crippen MR) is 78.9 cm³/mol. The van der Waals surface area contributed by atoms with Crippen molar-refractivity contribution in [2.45, 2.75) is 12.8 Å². The molecule has 1 aliphatic heterocycles. The standard InChI is InChI=1S/C16H15FN2O2/c17-10-6-7-12(15(20)9-10)16(21)19-8-2-3-11-13(18)4-1-5-14(11)19/h1,4-7,9,20H,2-3,8,18H2. The van der Waals surface area contributed by atoms with Crippen molar-refractivity contribution in [3.8, 4) is 5.75 Å². The molecule has 0 fully saturated rings. The molecule has 0 saturated carbocycles. The number of hydrogen-bond acceptors (Lipinski definition) is 3. The van der Waals surface area contributed by atoms with Gasteiger partial charge in [-0.1, -0.05) is 6.07 Å². The summed E-state index contributed by atoms with van der Waals surface area (Å²) in [5.41, 5.74) is 8.41. The molecule has 0 unspecified atom stereocenters. The number of anilines is 2. The number of nitrogen functional groups attached to an aromatic ring is 1. The summed E-state index contributed by atoms with van der Waals surface area (Å²) >= 11 is 0. The molecule has 0 bridgehead atoms. The van der Waals surface area contributed by atoms with Gasteiger partial charge in [0.25, 0.3) is 5.91 Å². The van der Waals surface area contributed by atoms with E-state index >= 15 is 0 Å². The van der Waals surface area contributed by atoms with Gasteiger partial charge in [0.1, 0.15) is 11.6 Å². The average Bonchev–Trinajstić information content (AvgIpc) is 2.46. The molecular formula is C16H15FN2O2. The van der Waals surface area contributed by atoms with E-state index in [1.807, 2.05) is 12.1 Å². The van der Waals surface area contributed by atoms with Crippen molar-refractivity contribution in [3.05, 3.63) is 53.3 Å². The molecule has 4 nitrogen and oxygen atoms in total. The van der Waals surface area contributed by atoms with E-state index in [-0.39, 0.29) is 17.2 Å². The number of carbonyl (C=O) groups excluding carboxylic acids is 1. The van der Waals surface area contributed by atoms with Gasteiger partial charge in [0, 0.05) is 24.0 Å². The Morgan fingerprint density at radius 2 is 2.10 bits per heavy atom. The molecule has 1 aliphatic rings. The molecule has 2 aromatic carbocycles. The fourth-order valence-corrected chi connectivity index (χ4v) is 2.69. The zero-order valence-corrected chi connectivity index (χ0v) is 11.3. The highest BCUT2D eigenvalue weighted by atomic mass is 19.1. The van der Waals surface area contributed by atoms with Crippen LogP contribution in [0.1, 0.15) is 22.3 Å². The Bertz CT molecular complexity index is 715. The molecule has 0 saturated heterocycles. The highest BCUT2D eigenvalue weighted by molar-refractivity contribution is 6.08. The third kappa shape index (κ3) is 2.31. The minimum Gasteiger partial charge on any atom is -0.507 e. The molecule has 0 aliphatic carbocycles. The lowest BCUT2D eigenvalue weighted by atomic mass is 9.99. The lowest BCUT2D eigenvalue weighted by Crippen LogP contribution is -2.35. The quantitative estimate of drug-likeness (QED) is 0.792. The Kier molecular flexibility index (Phi) is 3.25. The number of carbonyl (C=O) groups is 1. The number of phenolic OH excluding ortho intramolecular Hbond substituents is 1. The van der Waals surface area contributed by atoms with E-state index in [1.54, 1.807) is 11.0 Å². The molecule has 0 aromatic heterocycles. The molecule has 2 aromatic rings. The number of benzene rings is 2. The van der Waals surface area contributed by atoms with E-state index < -0.39 is 5.82 Å². The Labute approximate surface area is 121 Å². The maximum Gasteiger partial charge on any atom is 0.262 e. The fourth-order valence-electron chi connectivity index (χ4n) is 2.69. The molecule has 3 rings (SSSR count). The summed E-state index contributed by atoms with van der Waals surface area (Å²) in [5, 5.41) is 9.78. The van der Waals surface area contributed by atoms with E-state index in [2.05, 4.69) is 0 Å². The van der Waals surface area contributed by atoms with E-state index in [4.69, 9.17) is 5.73 Å². The summed E-state index contributed by atoms with van der Waals surface area (Å²) < 4.78 is 13.0. The minimum atomic E-state index is -0.577. The van der Waals surface area contributed by atoms with E-state index in [0.717, 1.165) is 36.2 Å². The molecule has 1 heterocycles. The molecule has 5 heteroatoms. The topological polar surface area (TPSA) is 66.6 Å². The molecule has 0 atom stereocenters. The highest BCUT2D eigenvalue weighted by Gasteiger charge is 2.26. The highest BCUT2D eigenvalue weighted by Crippen LogP contribution is 2.33. The summed E-state index contributed by atoms with van der Waals surface area (Å²) in [6.45, 7) is 0.548. The van der Waals surface area contributed by atoms with Gasteiger partial charge in [-0.2, -0.15) is 0 Å². The van der Waals surface area contributed by atoms with Crippen LogP contribution in [0.4, 0.5) is 15.8 Å². The van der Waals surface area contributed by atoms with Crippen molar-refractivity contribution in [2.24, 2.45) is 0 Å². The van der Waals surface area contributed by atoms with E-state index in [0.29, 0.717) is 12.2 Å². The number of halogens is 1. The maximum absolute atomic E-state index is 13.0. The number of amides is 1. The largest absolute Gasteiger partial charge is 0.507 e. The Morgan fingerprint density at radius 3 is 2.86 bits per heavy atom. The third-order valence-electron chi connectivity index (χ3n) is 3.72. The average molecular weight is 286 g/mol. The van der Waals surface area contributed by atoms with Crippen LogP contribution in [-0.2, 0) is 6.42 Å². The SMILES string of the molecule is Nc1cccc2c1CCCN2C(=O)c1ccc(F)cc1O. The summed E-state index contributed by atoms with van der Waals surface area (Å²) in [7, 11) is 0. The monoisotopic (exact) mass is 286 g/mol. The minimum absolute atomic E-state index is 0.0895. The van der Waals surface area contributed by atoms with Gasteiger partial charge >= 0.3 is 0 Å². The van der Waals surface area contributed by atoms with Crippen LogP contribution in [0.2, 0.25) is 0 Å². The Balaban J connectivity index is 2.02. The van der Waals surface area contributed by atoms with Crippen molar-refractivity contribution in [3.63, 3.8) is 0 Å². The molecule has 1 amide bonds. The van der Waals surface area contributed by atoms with Gasteiger partial charge in [-0.25, -0.2) is 4.39 Å². The first kappa shape index (κ1) is 13.4. The van der Waals surface area contributed by atoms with Crippen LogP contribution in [0.3, 0.4) is 0 Å². The summed E-state index contributed by atoms with van der Waals surface area (Å²) in [6.07, 6.45) is 1.62. The van der Waals surface area contributed by atoms with Crippen molar-refractivity contribution in [1.29, 1.82) is 0 Å². The number of nitrogens with two attached hydrogens (primary N) is 1. The second kappa shape index (κ2) is 5.09. The molecule has 21 heavy (non-hydrogen) atoms. The molecule has 3 N–H and O–H groups in total. The van der Waals surface area contributed by atoms with Gasteiger partial charge < -0.3 is 15.7 Å². The first-order valence-electron chi connectivity index (χ1n) is 6.75. The van der Waals surface area contributed by atoms with Gasteiger partial charge in [0.05, 0.1) is 5.56 Å². The van der Waals surface area contributed by atoms with Gasteiger partial charge in [0.2, 0.25) is 0 Å². The first-order valence-corrected chi connectivity index (χ1v) is 6.75. The Morgan fingerprint density at radius 1 is 1.29 bits per heavy atom. The van der Waals surface area contributed by atoms with Gasteiger partial charge in [-0.05, 0) is 42.7 Å². The zero-order chi connectivity index (χ0) is 15.0. The lowest BCUT2D eigenvalue weighted by molar-refractivity contribution is 0.0982. The van der Waals surface area contributed by atoms with Crippen LogP contribution in [0.25, 0.3) is 0 Å². The summed E-state index contributed by atoms with van der Waals surface area (Å²) in [6, 6.07) is 8.85. The van der Waals surface area contributed by atoms with Crippen LogP contribution >= 0.6 is 0 Å². The van der Waals surface area contributed by atoms with Gasteiger partial charge in [0.15, 0.2) is 0 Å². The van der Waals surface area contributed by atoms with Crippen molar-refractivity contribution in [2.75, 3.05) is 17.2 Å². The van der Waals surface area contributed by atoms with Crippen molar-refractivity contribution in [1.82, 2.24) is 0 Å². The molecule has 108 valence electrons. The van der Waals surface area contributed by atoms with Crippen molar-refractivity contribution >= 4 is 17.3 Å². The van der Waals surface area contributed by atoms with Crippen LogP contribution in [0.15, 0.2) is 36.4 Å². The molecule has 0 spiro atoms. The molecule has 0 radical (unpaired) electrons. The number of rotatable bonds is 1. The first-order chi connectivity index (χ1) is 10.1. The van der Waals surface area contributed by atoms with Crippen LogP contribution in [0.5, 0.6) is 5.75 Å². The van der Waals surface area contributed by atoms with Crippen LogP contribution in [0, 0.1) is 5.82 Å². The van der Waals surface area contributed by atoms with E-state index in [9.17, 15) is 14.3 Å². The maximum atomic E-state index is 13.0. The van der Waals surface area contributed by atoms with Crippen LogP contribution < -0.4 is 10.6 Å². The fraction of sp³-hybridized carbons (Fsp3) is 0.188. The zero-order valence-electron chi connectivity index (χ0n) is 11.3. The lowest BCUT2D eigenvalue weighted by Gasteiger charge is -2.30. The van der Waals surface area contributed by atoms with Crippen LogP contribution in [-0.4, -0.2) is 17.6 Å². The number of nitrogens with zero attached hydrogens (tertiary/aromatic N) is 1. The summed E-state index contributed by atoms with van der Waals surface area (Å²) in [5.74, 6) is -1.28. The summed E-state index contributed by atoms with van der Waals surface area (Å²) in [4.78, 5) is 14.2. The molecular weight excluding hydrogens is 271 g/mol. The van der Waals surface area contributed by atoms with E-state index in [1.165, 1.54) is 6.07 Å². The number of fused-ring (bicyclic) bond motifs is 1. The number of aromatic hydroxyl groups is 1. The second-order valence-corrected chi connectivity index (χ2v) is 5.07. The number of phenols is 1. The van der Waals surface area contributed by atoms with Crippen molar-refractivity contribution < 1.29 is 14.3 Å². The van der Waals surface area contributed by atoms with Gasteiger partial charge in [-0.15, -0.1) is 0 Å². The predicted octanol–water partition coefficient (Wildman–Crippen LogP) is 2.71. The van der Waals surface area contributed by atoms with Gasteiger partial charge in [-0.3, -0.25) is 4.79 Å².